The molecule has 1 aliphatic heterocycles. The van der Waals surface area contributed by atoms with Crippen LogP contribution >= 0.6 is 0 Å². The van der Waals surface area contributed by atoms with Gasteiger partial charge >= 0.3 is 0 Å². The molecule has 142 valence electrons. The van der Waals surface area contributed by atoms with Gasteiger partial charge in [0.05, 0.1) is 11.9 Å². The minimum absolute atomic E-state index is 0.226. The Labute approximate surface area is 163 Å². The first-order chi connectivity index (χ1) is 13.6. The molecule has 0 saturated carbocycles. The lowest BCUT2D eigenvalue weighted by Gasteiger charge is -2.09. The summed E-state index contributed by atoms with van der Waals surface area (Å²) >= 11 is 0. The van der Waals surface area contributed by atoms with Crippen molar-refractivity contribution in [3.63, 3.8) is 0 Å². The molecule has 0 saturated heterocycles. The number of ether oxygens (including phenoxy) is 2. The van der Waals surface area contributed by atoms with E-state index in [4.69, 9.17) is 9.47 Å². The molecule has 3 aromatic rings. The quantitative estimate of drug-likeness (QED) is 0.702. The molecule has 1 aromatic heterocycles. The van der Waals surface area contributed by atoms with Crippen LogP contribution in [0.2, 0.25) is 0 Å². The maximum absolute atomic E-state index is 12.4. The van der Waals surface area contributed by atoms with Crippen molar-refractivity contribution in [3.05, 3.63) is 77.1 Å². The van der Waals surface area contributed by atoms with E-state index in [1.165, 1.54) is 11.1 Å². The number of nitrogens with zero attached hydrogens (tertiary/aromatic N) is 1. The third kappa shape index (κ3) is 3.91. The molecule has 1 aliphatic rings. The van der Waals surface area contributed by atoms with E-state index in [1.807, 2.05) is 30.3 Å². The number of benzene rings is 2. The predicted molar refractivity (Wildman–Crippen MR) is 107 cm³/mol. The number of hydrogen-bond donors (Lipinski definition) is 2. The Hall–Kier alpha value is -3.54. The van der Waals surface area contributed by atoms with E-state index in [2.05, 4.69) is 41.6 Å². The number of nitrogens with one attached hydrogen (secondary N) is 2. The largest absolute Gasteiger partial charge is 0.454 e. The molecule has 0 spiro atoms. The minimum atomic E-state index is -0.226. The predicted octanol–water partition coefficient (Wildman–Crippen LogP) is 4.10. The molecule has 0 aliphatic carbocycles. The lowest BCUT2D eigenvalue weighted by atomic mass is 10.1. The van der Waals surface area contributed by atoms with Gasteiger partial charge in [-0.3, -0.25) is 4.79 Å². The molecular formula is C22H21N3O3. The number of rotatable bonds is 5. The molecule has 2 heterocycles. The highest BCUT2D eigenvalue weighted by molar-refractivity contribution is 5.92. The van der Waals surface area contributed by atoms with E-state index in [0.717, 1.165) is 22.7 Å². The minimum Gasteiger partial charge on any atom is -0.454 e. The number of aromatic nitrogens is 1. The Bertz CT molecular complexity index is 1020. The SMILES string of the molecule is Cc1ccc(Nc2ccc(C(=O)NCc3ccc4c(c3)OCO4)nc2)cc1C. The van der Waals surface area contributed by atoms with E-state index in [1.54, 1.807) is 12.3 Å². The average molecular weight is 375 g/mol. The highest BCUT2D eigenvalue weighted by Crippen LogP contribution is 2.32. The van der Waals surface area contributed by atoms with E-state index in [0.29, 0.717) is 18.0 Å². The van der Waals surface area contributed by atoms with Gasteiger partial charge in [0.25, 0.3) is 5.91 Å². The van der Waals surface area contributed by atoms with Crippen LogP contribution < -0.4 is 20.1 Å². The first-order valence-corrected chi connectivity index (χ1v) is 9.05. The number of fused-ring (bicyclic) bond motifs is 1. The van der Waals surface area contributed by atoms with Gasteiger partial charge in [-0.2, -0.15) is 0 Å². The molecule has 0 atom stereocenters. The van der Waals surface area contributed by atoms with Crippen LogP contribution in [0.5, 0.6) is 11.5 Å². The highest BCUT2D eigenvalue weighted by Gasteiger charge is 2.14. The summed E-state index contributed by atoms with van der Waals surface area (Å²) in [7, 11) is 0. The molecular weight excluding hydrogens is 354 g/mol. The van der Waals surface area contributed by atoms with Crippen molar-refractivity contribution in [2.45, 2.75) is 20.4 Å². The fourth-order valence-corrected chi connectivity index (χ4v) is 2.91. The van der Waals surface area contributed by atoms with Gasteiger partial charge in [-0.1, -0.05) is 12.1 Å². The summed E-state index contributed by atoms with van der Waals surface area (Å²) in [6.45, 7) is 4.78. The van der Waals surface area contributed by atoms with Crippen LogP contribution in [-0.2, 0) is 6.54 Å². The first kappa shape index (κ1) is 17.9. The second kappa shape index (κ2) is 7.60. The second-order valence-corrected chi connectivity index (χ2v) is 6.73. The zero-order valence-electron chi connectivity index (χ0n) is 15.8. The monoisotopic (exact) mass is 375 g/mol. The van der Waals surface area contributed by atoms with E-state index in [9.17, 15) is 4.79 Å². The van der Waals surface area contributed by atoms with Crippen LogP contribution in [0.1, 0.15) is 27.2 Å². The zero-order chi connectivity index (χ0) is 19.5. The Morgan fingerprint density at radius 1 is 0.964 bits per heavy atom. The van der Waals surface area contributed by atoms with Crippen molar-refractivity contribution in [3.8, 4) is 11.5 Å². The number of amides is 1. The van der Waals surface area contributed by atoms with Crippen molar-refractivity contribution in [2.75, 3.05) is 12.1 Å². The third-order valence-corrected chi connectivity index (χ3v) is 4.68. The van der Waals surface area contributed by atoms with Crippen molar-refractivity contribution in [2.24, 2.45) is 0 Å². The Balaban J connectivity index is 1.36. The topological polar surface area (TPSA) is 72.5 Å². The van der Waals surface area contributed by atoms with Gasteiger partial charge in [-0.25, -0.2) is 4.98 Å². The van der Waals surface area contributed by atoms with Crippen molar-refractivity contribution < 1.29 is 14.3 Å². The molecule has 2 N–H and O–H groups in total. The molecule has 0 bridgehead atoms. The fourth-order valence-electron chi connectivity index (χ4n) is 2.91. The highest BCUT2D eigenvalue weighted by atomic mass is 16.7. The van der Waals surface area contributed by atoms with Crippen LogP contribution in [0.15, 0.2) is 54.7 Å². The van der Waals surface area contributed by atoms with E-state index >= 15 is 0 Å². The van der Waals surface area contributed by atoms with Crippen molar-refractivity contribution in [1.82, 2.24) is 10.3 Å². The van der Waals surface area contributed by atoms with Crippen LogP contribution in [0.25, 0.3) is 0 Å². The van der Waals surface area contributed by atoms with Gasteiger partial charge in [0.1, 0.15) is 5.69 Å². The summed E-state index contributed by atoms with van der Waals surface area (Å²) in [6.07, 6.45) is 1.66. The van der Waals surface area contributed by atoms with E-state index < -0.39 is 0 Å². The number of carbonyl (C=O) groups excluding carboxylic acids is 1. The van der Waals surface area contributed by atoms with Crippen molar-refractivity contribution >= 4 is 17.3 Å². The van der Waals surface area contributed by atoms with Gasteiger partial charge < -0.3 is 20.1 Å². The van der Waals surface area contributed by atoms with Gasteiger partial charge in [-0.15, -0.1) is 0 Å². The molecule has 0 radical (unpaired) electrons. The van der Waals surface area contributed by atoms with Gasteiger partial charge in [0.15, 0.2) is 11.5 Å². The zero-order valence-corrected chi connectivity index (χ0v) is 15.8. The van der Waals surface area contributed by atoms with Crippen LogP contribution in [0.3, 0.4) is 0 Å². The Kier molecular flexibility index (Phi) is 4.85. The number of aryl methyl sites for hydroxylation is 2. The van der Waals surface area contributed by atoms with Crippen LogP contribution in [0.4, 0.5) is 11.4 Å². The Morgan fingerprint density at radius 2 is 1.79 bits per heavy atom. The summed E-state index contributed by atoms with van der Waals surface area (Å²) in [4.78, 5) is 16.6. The second-order valence-electron chi connectivity index (χ2n) is 6.73. The summed E-state index contributed by atoms with van der Waals surface area (Å²) < 4.78 is 10.6. The molecule has 2 aromatic carbocycles. The normalized spacial score (nSPS) is 11.9. The summed E-state index contributed by atoms with van der Waals surface area (Å²) in [5.41, 5.74) is 5.59. The van der Waals surface area contributed by atoms with E-state index in [-0.39, 0.29) is 12.7 Å². The van der Waals surface area contributed by atoms with Gasteiger partial charge in [0.2, 0.25) is 6.79 Å². The number of carbonyl (C=O) groups is 1. The maximum atomic E-state index is 12.4. The Morgan fingerprint density at radius 3 is 2.57 bits per heavy atom. The smallest absolute Gasteiger partial charge is 0.270 e. The molecule has 28 heavy (non-hydrogen) atoms. The van der Waals surface area contributed by atoms with Crippen LogP contribution in [0, 0.1) is 13.8 Å². The van der Waals surface area contributed by atoms with Crippen molar-refractivity contribution in [1.29, 1.82) is 0 Å². The first-order valence-electron chi connectivity index (χ1n) is 9.05. The van der Waals surface area contributed by atoms with Gasteiger partial charge in [0, 0.05) is 12.2 Å². The fraction of sp³-hybridized carbons (Fsp3) is 0.182. The molecule has 0 fully saturated rings. The molecule has 6 nitrogen and oxygen atoms in total. The third-order valence-electron chi connectivity index (χ3n) is 4.68. The standard InChI is InChI=1S/C22H21N3O3/c1-14-3-5-17(9-15(14)2)25-18-6-7-19(23-12-18)22(26)24-11-16-4-8-20-21(10-16)28-13-27-20/h3-10,12,25H,11,13H2,1-2H3,(H,24,26). The summed E-state index contributed by atoms with van der Waals surface area (Å²) in [5.74, 6) is 1.20. The van der Waals surface area contributed by atoms with Gasteiger partial charge in [-0.05, 0) is 66.9 Å². The molecule has 4 rings (SSSR count). The summed E-state index contributed by atoms with van der Waals surface area (Å²) in [5, 5.41) is 6.17. The lowest BCUT2D eigenvalue weighted by molar-refractivity contribution is 0.0946. The molecule has 1 amide bonds. The maximum Gasteiger partial charge on any atom is 0.270 e. The number of pyridine rings is 1. The number of hydrogen-bond acceptors (Lipinski definition) is 5. The lowest BCUT2D eigenvalue weighted by Crippen LogP contribution is -2.23. The van der Waals surface area contributed by atoms with Crippen LogP contribution in [-0.4, -0.2) is 17.7 Å². The number of anilines is 2. The summed E-state index contributed by atoms with van der Waals surface area (Å²) in [6, 6.07) is 15.3. The average Bonchev–Trinajstić information content (AvgIpc) is 3.17. The molecule has 6 heteroatoms. The molecule has 0 unspecified atom stereocenters.